The fraction of sp³-hybridized carbons (Fsp3) is 0.136. The number of thiophene rings is 1. The first-order valence-corrected chi connectivity index (χ1v) is 10.3. The lowest BCUT2D eigenvalue weighted by atomic mass is 9.99. The molecule has 4 aromatic rings. The average molecular weight is 401 g/mol. The molecule has 3 heterocycles. The predicted octanol–water partition coefficient (Wildman–Crippen LogP) is 3.60. The maximum Gasteiger partial charge on any atom is 0.165 e. The first-order valence-electron chi connectivity index (χ1n) is 9.43. The molecule has 29 heavy (non-hydrogen) atoms. The molecule has 0 bridgehead atoms. The van der Waals surface area contributed by atoms with Gasteiger partial charge in [0.25, 0.3) is 0 Å². The van der Waals surface area contributed by atoms with Crippen LogP contribution in [0.25, 0.3) is 10.8 Å². The van der Waals surface area contributed by atoms with Crippen LogP contribution in [0.2, 0.25) is 0 Å². The van der Waals surface area contributed by atoms with Crippen LogP contribution in [0, 0.1) is 10.8 Å². The van der Waals surface area contributed by atoms with E-state index in [4.69, 9.17) is 21.7 Å². The topological polar surface area (TPSA) is 94.8 Å². The summed E-state index contributed by atoms with van der Waals surface area (Å²) in [5, 5.41) is 25.7. The third-order valence-electron chi connectivity index (χ3n) is 5.34. The minimum atomic E-state index is 0.221. The smallest absolute Gasteiger partial charge is 0.165 e. The second-order valence-electron chi connectivity index (χ2n) is 7.16. The van der Waals surface area contributed by atoms with Gasteiger partial charge in [-0.2, -0.15) is 4.68 Å². The van der Waals surface area contributed by atoms with Gasteiger partial charge in [0.15, 0.2) is 17.1 Å². The Kier molecular flexibility index (Phi) is 4.17. The number of rotatable bonds is 2. The van der Waals surface area contributed by atoms with Gasteiger partial charge in [-0.15, -0.1) is 16.4 Å². The zero-order chi connectivity index (χ0) is 20.0. The molecule has 0 atom stereocenters. The van der Waals surface area contributed by atoms with Crippen LogP contribution in [0.15, 0.2) is 60.0 Å². The van der Waals surface area contributed by atoms with Crippen LogP contribution in [-0.4, -0.2) is 22.2 Å². The summed E-state index contributed by atoms with van der Waals surface area (Å²) in [6, 6.07) is 17.7. The number of nitrogens with one attached hydrogen (secondary N) is 2. The summed E-state index contributed by atoms with van der Waals surface area (Å²) in [6.45, 7) is 1.54. The van der Waals surface area contributed by atoms with Crippen molar-refractivity contribution in [2.24, 2.45) is 0 Å². The second-order valence-corrected chi connectivity index (χ2v) is 8.10. The van der Waals surface area contributed by atoms with Crippen molar-refractivity contribution >= 4 is 39.5 Å². The van der Waals surface area contributed by atoms with E-state index in [9.17, 15) is 0 Å². The zero-order valence-electron chi connectivity index (χ0n) is 15.7. The summed E-state index contributed by atoms with van der Waals surface area (Å²) in [7, 11) is 0. The van der Waals surface area contributed by atoms with Crippen LogP contribution in [0.3, 0.4) is 0 Å². The highest BCUT2D eigenvalue weighted by Gasteiger charge is 2.22. The largest absolute Gasteiger partial charge is 0.399 e. The van der Waals surface area contributed by atoms with Crippen molar-refractivity contribution in [2.45, 2.75) is 13.0 Å². The van der Waals surface area contributed by atoms with Gasteiger partial charge in [-0.3, -0.25) is 10.8 Å². The van der Waals surface area contributed by atoms with Crippen LogP contribution in [-0.2, 0) is 13.0 Å². The highest BCUT2D eigenvalue weighted by Crippen LogP contribution is 2.29. The van der Waals surface area contributed by atoms with Gasteiger partial charge in [0.1, 0.15) is 0 Å². The third kappa shape index (κ3) is 3.00. The van der Waals surface area contributed by atoms with E-state index < -0.39 is 0 Å². The molecule has 0 unspecified atom stereocenters. The summed E-state index contributed by atoms with van der Waals surface area (Å²) >= 11 is 1.48. The van der Waals surface area contributed by atoms with E-state index in [0.29, 0.717) is 6.54 Å². The van der Waals surface area contributed by atoms with Gasteiger partial charge in [-0.25, -0.2) is 0 Å². The molecule has 1 aliphatic heterocycles. The number of nitrogens with two attached hydrogens (primary N) is 1. The molecule has 0 saturated carbocycles. The van der Waals surface area contributed by atoms with Crippen molar-refractivity contribution in [2.75, 3.05) is 17.2 Å². The quantitative estimate of drug-likeness (QED) is 0.273. The molecule has 2 aromatic heterocycles. The monoisotopic (exact) mass is 400 g/mol. The highest BCUT2D eigenvalue weighted by molar-refractivity contribution is 7.12. The fourth-order valence-corrected chi connectivity index (χ4v) is 4.53. The van der Waals surface area contributed by atoms with E-state index >= 15 is 0 Å². The lowest BCUT2D eigenvalue weighted by molar-refractivity contribution is 0.702. The predicted molar refractivity (Wildman–Crippen MR) is 118 cm³/mol. The Morgan fingerprint density at radius 3 is 2.66 bits per heavy atom. The first kappa shape index (κ1) is 17.6. The van der Waals surface area contributed by atoms with Gasteiger partial charge >= 0.3 is 0 Å². The van der Waals surface area contributed by atoms with Gasteiger partial charge in [0, 0.05) is 29.5 Å². The van der Waals surface area contributed by atoms with Crippen molar-refractivity contribution < 1.29 is 0 Å². The van der Waals surface area contributed by atoms with Crippen LogP contribution < -0.4 is 16.1 Å². The fourth-order valence-electron chi connectivity index (χ4n) is 3.87. The van der Waals surface area contributed by atoms with Crippen LogP contribution in [0.1, 0.15) is 16.0 Å². The molecule has 0 radical (unpaired) electrons. The minimum absolute atomic E-state index is 0.221. The Bertz CT molecular complexity index is 1290. The van der Waals surface area contributed by atoms with Crippen molar-refractivity contribution in [1.29, 1.82) is 10.8 Å². The molecule has 0 amide bonds. The zero-order valence-corrected chi connectivity index (χ0v) is 16.5. The summed E-state index contributed by atoms with van der Waals surface area (Å²) in [4.78, 5) is 3.01. The van der Waals surface area contributed by atoms with Gasteiger partial charge in [-0.1, -0.05) is 36.4 Å². The number of nitrogens with zero attached hydrogens (tertiary/aromatic N) is 3. The minimum Gasteiger partial charge on any atom is -0.399 e. The maximum atomic E-state index is 8.66. The number of fused-ring (bicyclic) bond motifs is 2. The molecule has 0 fully saturated rings. The molecule has 5 rings (SSSR count). The standard InChI is InChI=1S/C22H20N6S/c23-16-8-7-14-9-10-27(13-15(14)12-16)22-18-5-2-1-4-17(18)20(24)28(26-22)21(25)19-6-3-11-29-19/h1-8,11-12,24-25H,9-10,13,23H2. The lowest BCUT2D eigenvalue weighted by Gasteiger charge is -2.31. The van der Waals surface area contributed by atoms with Crippen molar-refractivity contribution in [3.63, 3.8) is 0 Å². The molecular weight excluding hydrogens is 380 g/mol. The number of aromatic nitrogens is 2. The van der Waals surface area contributed by atoms with E-state index in [2.05, 4.69) is 11.0 Å². The SMILES string of the molecule is N=C(c1cccs1)n1nc(N2CCc3ccc(N)cc3C2)c2ccccc2c1=N. The van der Waals surface area contributed by atoms with Crippen LogP contribution in [0.5, 0.6) is 0 Å². The van der Waals surface area contributed by atoms with Crippen LogP contribution in [0.4, 0.5) is 11.5 Å². The Hall–Kier alpha value is -3.45. The molecule has 144 valence electrons. The average Bonchev–Trinajstić information content (AvgIpc) is 3.28. The Labute approximate surface area is 171 Å². The number of hydrogen-bond donors (Lipinski definition) is 3. The van der Waals surface area contributed by atoms with E-state index in [-0.39, 0.29) is 11.3 Å². The number of hydrogen-bond acceptors (Lipinski definition) is 6. The highest BCUT2D eigenvalue weighted by atomic mass is 32.1. The maximum absolute atomic E-state index is 8.66. The molecule has 0 saturated heterocycles. The summed E-state index contributed by atoms with van der Waals surface area (Å²) in [6.07, 6.45) is 0.913. The van der Waals surface area contributed by atoms with Crippen LogP contribution >= 0.6 is 11.3 Å². The van der Waals surface area contributed by atoms with Gasteiger partial charge < -0.3 is 10.6 Å². The van der Waals surface area contributed by atoms with Crippen molar-refractivity contribution in [3.05, 3.63) is 81.5 Å². The number of benzene rings is 2. The Morgan fingerprint density at radius 2 is 1.86 bits per heavy atom. The lowest BCUT2D eigenvalue weighted by Crippen LogP contribution is -2.36. The second kappa shape index (κ2) is 6.86. The normalized spacial score (nSPS) is 13.4. The number of anilines is 2. The molecule has 4 N–H and O–H groups in total. The molecule has 1 aliphatic rings. The first-order chi connectivity index (χ1) is 14.1. The van der Waals surface area contributed by atoms with Crippen molar-refractivity contribution in [1.82, 2.24) is 9.78 Å². The van der Waals surface area contributed by atoms with Crippen molar-refractivity contribution in [3.8, 4) is 0 Å². The molecule has 7 heteroatoms. The van der Waals surface area contributed by atoms with E-state index in [1.807, 2.05) is 53.9 Å². The third-order valence-corrected chi connectivity index (χ3v) is 6.21. The summed E-state index contributed by atoms with van der Waals surface area (Å²) < 4.78 is 1.44. The number of nitrogen functional groups attached to an aromatic ring is 1. The molecule has 0 aliphatic carbocycles. The summed E-state index contributed by atoms with van der Waals surface area (Å²) in [5.74, 6) is 1.02. The van der Waals surface area contributed by atoms with Gasteiger partial charge in [-0.05, 0) is 41.1 Å². The van der Waals surface area contributed by atoms with E-state index in [1.54, 1.807) is 0 Å². The summed E-state index contributed by atoms with van der Waals surface area (Å²) in [5.41, 5.74) is 9.52. The van der Waals surface area contributed by atoms with E-state index in [1.165, 1.54) is 27.1 Å². The Balaban J connectivity index is 1.67. The molecule has 2 aromatic carbocycles. The molecular formula is C22H20N6S. The van der Waals surface area contributed by atoms with Gasteiger partial charge in [0.2, 0.25) is 0 Å². The van der Waals surface area contributed by atoms with E-state index in [0.717, 1.165) is 40.1 Å². The van der Waals surface area contributed by atoms with Gasteiger partial charge in [0.05, 0.1) is 4.88 Å². The Morgan fingerprint density at radius 1 is 1.03 bits per heavy atom. The molecule has 0 spiro atoms. The molecule has 6 nitrogen and oxygen atoms in total.